The molecule has 0 spiro atoms. The first kappa shape index (κ1) is 15.4. The van der Waals surface area contributed by atoms with Crippen molar-refractivity contribution in [2.75, 3.05) is 0 Å². The Morgan fingerprint density at radius 2 is 1.65 bits per heavy atom. The van der Waals surface area contributed by atoms with Crippen molar-refractivity contribution in [2.24, 2.45) is 0 Å². The molecule has 114 valence electrons. The van der Waals surface area contributed by atoms with Crippen molar-refractivity contribution in [3.63, 3.8) is 0 Å². The van der Waals surface area contributed by atoms with E-state index in [1.807, 2.05) is 6.08 Å². The van der Waals surface area contributed by atoms with Gasteiger partial charge in [-0.1, -0.05) is 0 Å². The molecule has 0 heterocycles. The number of rotatable bonds is 4. The number of hydrogen-bond donors (Lipinski definition) is 0. The normalized spacial score (nSPS) is 24.0. The zero-order valence-corrected chi connectivity index (χ0v) is 13.7. The van der Waals surface area contributed by atoms with Crippen LogP contribution >= 0.6 is 0 Å². The minimum Gasteiger partial charge on any atom is -0.492 e. The van der Waals surface area contributed by atoms with E-state index < -0.39 is 0 Å². The molecular weight excluding hydrogens is 252 g/mol. The lowest BCUT2D eigenvalue weighted by Crippen LogP contribution is -2.30. The van der Waals surface area contributed by atoms with Crippen LogP contribution in [-0.2, 0) is 14.2 Å². The van der Waals surface area contributed by atoms with E-state index in [1.54, 1.807) is 0 Å². The van der Waals surface area contributed by atoms with Gasteiger partial charge < -0.3 is 14.2 Å². The maximum absolute atomic E-state index is 6.08. The standard InChI is InChI=1S/C17H28O3/c1-16(2,3)19-14-9-13(18-12-7-8-12)10-15(11-14)20-17(4,5)6/h9-10,12,14H,7-8,11H2,1-6H3. The first-order valence-electron chi connectivity index (χ1n) is 7.57. The highest BCUT2D eigenvalue weighted by atomic mass is 16.5. The third-order valence-electron chi connectivity index (χ3n) is 2.83. The van der Waals surface area contributed by atoms with Gasteiger partial charge in [-0.15, -0.1) is 0 Å². The van der Waals surface area contributed by atoms with Gasteiger partial charge in [0.25, 0.3) is 0 Å². The van der Waals surface area contributed by atoms with Crippen molar-refractivity contribution >= 4 is 0 Å². The van der Waals surface area contributed by atoms with Gasteiger partial charge in [-0.3, -0.25) is 0 Å². The monoisotopic (exact) mass is 280 g/mol. The van der Waals surface area contributed by atoms with E-state index >= 15 is 0 Å². The summed E-state index contributed by atoms with van der Waals surface area (Å²) >= 11 is 0. The molecular formula is C17H28O3. The van der Waals surface area contributed by atoms with Gasteiger partial charge >= 0.3 is 0 Å². The SMILES string of the molecule is CC(C)(C)OC1=CC(OC2CC2)=CC(OC(C)(C)C)C1. The summed E-state index contributed by atoms with van der Waals surface area (Å²) in [6.45, 7) is 12.4. The second-order valence-corrected chi connectivity index (χ2v) is 7.68. The molecule has 0 aliphatic heterocycles. The third-order valence-corrected chi connectivity index (χ3v) is 2.83. The first-order chi connectivity index (χ1) is 9.11. The van der Waals surface area contributed by atoms with Crippen LogP contribution in [0.3, 0.4) is 0 Å². The smallest absolute Gasteiger partial charge is 0.121 e. The fourth-order valence-corrected chi connectivity index (χ4v) is 2.15. The summed E-state index contributed by atoms with van der Waals surface area (Å²) in [4.78, 5) is 0. The third kappa shape index (κ3) is 5.58. The number of ether oxygens (including phenoxy) is 3. The van der Waals surface area contributed by atoms with Crippen LogP contribution in [0.15, 0.2) is 23.7 Å². The van der Waals surface area contributed by atoms with Gasteiger partial charge in [0.2, 0.25) is 0 Å². The van der Waals surface area contributed by atoms with E-state index in [0.717, 1.165) is 30.8 Å². The van der Waals surface area contributed by atoms with Crippen molar-refractivity contribution in [1.29, 1.82) is 0 Å². The highest BCUT2D eigenvalue weighted by Crippen LogP contribution is 2.32. The molecule has 1 atom stereocenters. The van der Waals surface area contributed by atoms with Crippen LogP contribution in [0, 0.1) is 0 Å². The summed E-state index contributed by atoms with van der Waals surface area (Å²) in [6, 6.07) is 0. The number of allylic oxidation sites excluding steroid dienone is 1. The highest BCUT2D eigenvalue weighted by Gasteiger charge is 2.29. The minimum absolute atomic E-state index is 0.0195. The summed E-state index contributed by atoms with van der Waals surface area (Å²) in [7, 11) is 0. The summed E-state index contributed by atoms with van der Waals surface area (Å²) in [5.74, 6) is 1.84. The molecule has 1 unspecified atom stereocenters. The first-order valence-corrected chi connectivity index (χ1v) is 7.57. The van der Waals surface area contributed by atoms with Crippen molar-refractivity contribution in [3.05, 3.63) is 23.7 Å². The van der Waals surface area contributed by atoms with Gasteiger partial charge in [0, 0.05) is 12.5 Å². The van der Waals surface area contributed by atoms with Gasteiger partial charge in [-0.2, -0.15) is 0 Å². The predicted octanol–water partition coefficient (Wildman–Crippen LogP) is 4.34. The molecule has 0 saturated heterocycles. The molecule has 1 fully saturated rings. The quantitative estimate of drug-likeness (QED) is 0.767. The average Bonchev–Trinajstić information content (AvgIpc) is 2.94. The van der Waals surface area contributed by atoms with Crippen molar-refractivity contribution < 1.29 is 14.2 Å². The Balaban J connectivity index is 2.07. The Kier molecular flexibility index (Phi) is 4.19. The molecule has 2 rings (SSSR count). The van der Waals surface area contributed by atoms with Gasteiger partial charge in [0.05, 0.1) is 17.8 Å². The van der Waals surface area contributed by atoms with Gasteiger partial charge in [-0.05, 0) is 60.5 Å². The molecule has 0 aromatic carbocycles. The molecule has 2 aliphatic rings. The molecule has 0 radical (unpaired) electrons. The van der Waals surface area contributed by atoms with Crippen LogP contribution in [0.25, 0.3) is 0 Å². The lowest BCUT2D eigenvalue weighted by Gasteiger charge is -2.31. The van der Waals surface area contributed by atoms with Crippen LogP contribution < -0.4 is 0 Å². The maximum Gasteiger partial charge on any atom is 0.121 e. The lowest BCUT2D eigenvalue weighted by atomic mass is 10.1. The fraction of sp³-hybridized carbons (Fsp3) is 0.765. The van der Waals surface area contributed by atoms with Crippen LogP contribution in [0.5, 0.6) is 0 Å². The molecule has 0 N–H and O–H groups in total. The lowest BCUT2D eigenvalue weighted by molar-refractivity contribution is -0.0518. The van der Waals surface area contributed by atoms with Gasteiger partial charge in [0.1, 0.15) is 17.1 Å². The Bertz CT molecular complexity index is 403. The van der Waals surface area contributed by atoms with E-state index in [2.05, 4.69) is 47.6 Å². The molecule has 1 saturated carbocycles. The van der Waals surface area contributed by atoms with E-state index in [0.29, 0.717) is 6.10 Å². The summed E-state index contributed by atoms with van der Waals surface area (Å²) < 4.78 is 18.0. The zero-order chi connectivity index (χ0) is 15.0. The van der Waals surface area contributed by atoms with Crippen molar-refractivity contribution in [1.82, 2.24) is 0 Å². The Hall–Kier alpha value is -0.960. The van der Waals surface area contributed by atoms with Gasteiger partial charge in [-0.25, -0.2) is 0 Å². The number of hydrogen-bond acceptors (Lipinski definition) is 3. The van der Waals surface area contributed by atoms with E-state index in [-0.39, 0.29) is 17.3 Å². The fourth-order valence-electron chi connectivity index (χ4n) is 2.15. The molecule has 20 heavy (non-hydrogen) atoms. The van der Waals surface area contributed by atoms with Crippen LogP contribution in [0.2, 0.25) is 0 Å². The van der Waals surface area contributed by atoms with Crippen LogP contribution in [0.1, 0.15) is 60.8 Å². The van der Waals surface area contributed by atoms with E-state index in [1.165, 1.54) is 0 Å². The predicted molar refractivity (Wildman–Crippen MR) is 80.4 cm³/mol. The zero-order valence-electron chi connectivity index (χ0n) is 13.7. The van der Waals surface area contributed by atoms with Crippen molar-refractivity contribution in [2.45, 2.75) is 84.2 Å². The Morgan fingerprint density at radius 1 is 1.00 bits per heavy atom. The molecule has 0 aromatic rings. The van der Waals surface area contributed by atoms with E-state index in [4.69, 9.17) is 14.2 Å². The Morgan fingerprint density at radius 3 is 2.15 bits per heavy atom. The second-order valence-electron chi connectivity index (χ2n) is 7.68. The van der Waals surface area contributed by atoms with Crippen molar-refractivity contribution in [3.8, 4) is 0 Å². The summed E-state index contributed by atoms with van der Waals surface area (Å²) in [5, 5.41) is 0. The van der Waals surface area contributed by atoms with Crippen LogP contribution in [0.4, 0.5) is 0 Å². The van der Waals surface area contributed by atoms with Crippen LogP contribution in [-0.4, -0.2) is 23.4 Å². The topological polar surface area (TPSA) is 27.7 Å². The largest absolute Gasteiger partial charge is 0.492 e. The average molecular weight is 280 g/mol. The summed E-state index contributed by atoms with van der Waals surface area (Å²) in [5.41, 5.74) is -0.365. The molecule has 3 heteroatoms. The summed E-state index contributed by atoms with van der Waals surface area (Å²) in [6.07, 6.45) is 7.60. The molecule has 0 bridgehead atoms. The molecule has 0 amide bonds. The molecule has 2 aliphatic carbocycles. The van der Waals surface area contributed by atoms with E-state index in [9.17, 15) is 0 Å². The maximum atomic E-state index is 6.08. The highest BCUT2D eigenvalue weighted by molar-refractivity contribution is 5.24. The molecule has 3 nitrogen and oxygen atoms in total. The minimum atomic E-state index is -0.194. The molecule has 0 aromatic heterocycles. The second kappa shape index (κ2) is 5.44. The Labute approximate surface area is 123 Å². The van der Waals surface area contributed by atoms with Gasteiger partial charge in [0.15, 0.2) is 0 Å².